The molecule has 2 amide bonds. The minimum Gasteiger partial charge on any atom is -0.378 e. The summed E-state index contributed by atoms with van der Waals surface area (Å²) in [5.74, 6) is -0.0309. The van der Waals surface area contributed by atoms with E-state index in [1.807, 2.05) is 13.8 Å². The Balaban J connectivity index is 2.45. The van der Waals surface area contributed by atoms with Gasteiger partial charge in [0.2, 0.25) is 11.8 Å². The highest BCUT2D eigenvalue weighted by atomic mass is 16.5. The number of hydrogen-bond donors (Lipinski definition) is 1. The van der Waals surface area contributed by atoms with E-state index in [0.29, 0.717) is 26.3 Å². The third-order valence-electron chi connectivity index (χ3n) is 3.41. The fourth-order valence-corrected chi connectivity index (χ4v) is 2.11. The van der Waals surface area contributed by atoms with E-state index in [4.69, 9.17) is 4.74 Å². The fraction of sp³-hybridized carbons (Fsp3) is 0.846. The summed E-state index contributed by atoms with van der Waals surface area (Å²) in [4.78, 5) is 25.7. The van der Waals surface area contributed by atoms with Crippen LogP contribution in [0.5, 0.6) is 0 Å². The second-order valence-electron chi connectivity index (χ2n) is 4.68. The molecule has 0 spiro atoms. The van der Waals surface area contributed by atoms with Crippen molar-refractivity contribution in [3.63, 3.8) is 0 Å². The number of hydrogen-bond acceptors (Lipinski definition) is 3. The molecule has 1 aliphatic heterocycles. The molecule has 0 unspecified atom stereocenters. The summed E-state index contributed by atoms with van der Waals surface area (Å²) >= 11 is 0. The van der Waals surface area contributed by atoms with Gasteiger partial charge >= 0.3 is 0 Å². The van der Waals surface area contributed by atoms with E-state index in [0.717, 1.165) is 12.8 Å². The summed E-state index contributed by atoms with van der Waals surface area (Å²) in [6, 6.07) is -0.448. The average Bonchev–Trinajstić information content (AvgIpc) is 2.40. The lowest BCUT2D eigenvalue weighted by atomic mass is 10.0. The van der Waals surface area contributed by atoms with Gasteiger partial charge in [0, 0.05) is 19.0 Å². The van der Waals surface area contributed by atoms with E-state index in [-0.39, 0.29) is 17.7 Å². The number of rotatable bonds is 5. The smallest absolute Gasteiger partial charge is 0.245 e. The van der Waals surface area contributed by atoms with Gasteiger partial charge in [0.05, 0.1) is 13.2 Å². The summed E-state index contributed by atoms with van der Waals surface area (Å²) < 4.78 is 5.20. The monoisotopic (exact) mass is 256 g/mol. The SMILES string of the molecule is CCC(CC)C(=O)N[C@H](C)C(=O)N1CCOCC1. The van der Waals surface area contributed by atoms with Gasteiger partial charge in [0.1, 0.15) is 6.04 Å². The highest BCUT2D eigenvalue weighted by molar-refractivity contribution is 5.88. The molecule has 0 bridgehead atoms. The lowest BCUT2D eigenvalue weighted by Crippen LogP contribution is -2.51. The van der Waals surface area contributed by atoms with Crippen LogP contribution < -0.4 is 5.32 Å². The topological polar surface area (TPSA) is 58.6 Å². The van der Waals surface area contributed by atoms with Crippen LogP contribution in [-0.4, -0.2) is 49.1 Å². The van der Waals surface area contributed by atoms with Gasteiger partial charge in [-0.1, -0.05) is 13.8 Å². The van der Waals surface area contributed by atoms with Crippen LogP contribution in [0.15, 0.2) is 0 Å². The number of ether oxygens (including phenoxy) is 1. The molecule has 1 saturated heterocycles. The molecule has 0 aromatic heterocycles. The third kappa shape index (κ3) is 3.98. The predicted octanol–water partition coefficient (Wildman–Crippen LogP) is 0.786. The molecule has 104 valence electrons. The maximum atomic E-state index is 12.1. The van der Waals surface area contributed by atoms with E-state index in [1.54, 1.807) is 11.8 Å². The van der Waals surface area contributed by atoms with Gasteiger partial charge in [-0.3, -0.25) is 9.59 Å². The van der Waals surface area contributed by atoms with Crippen molar-refractivity contribution in [2.24, 2.45) is 5.92 Å². The first-order valence-corrected chi connectivity index (χ1v) is 6.77. The molecular formula is C13H24N2O3. The molecule has 1 N–H and O–H groups in total. The molecule has 1 fully saturated rings. The second-order valence-corrected chi connectivity index (χ2v) is 4.68. The number of carbonyl (C=O) groups is 2. The molecule has 0 aliphatic carbocycles. The first-order valence-electron chi connectivity index (χ1n) is 6.77. The van der Waals surface area contributed by atoms with Crippen LogP contribution in [0.3, 0.4) is 0 Å². The van der Waals surface area contributed by atoms with E-state index in [2.05, 4.69) is 5.32 Å². The number of nitrogens with one attached hydrogen (secondary N) is 1. The molecule has 5 heteroatoms. The first-order chi connectivity index (χ1) is 8.60. The zero-order valence-corrected chi connectivity index (χ0v) is 11.6. The average molecular weight is 256 g/mol. The predicted molar refractivity (Wildman–Crippen MR) is 69.1 cm³/mol. The van der Waals surface area contributed by atoms with E-state index in [9.17, 15) is 9.59 Å². The maximum absolute atomic E-state index is 12.1. The van der Waals surface area contributed by atoms with E-state index in [1.165, 1.54) is 0 Å². The molecule has 1 atom stereocenters. The number of morpholine rings is 1. The highest BCUT2D eigenvalue weighted by Gasteiger charge is 2.25. The number of amides is 2. The van der Waals surface area contributed by atoms with Gasteiger partial charge < -0.3 is 15.0 Å². The Morgan fingerprint density at radius 2 is 1.78 bits per heavy atom. The Morgan fingerprint density at radius 3 is 2.28 bits per heavy atom. The normalized spacial score (nSPS) is 17.7. The van der Waals surface area contributed by atoms with Gasteiger partial charge in [-0.25, -0.2) is 0 Å². The van der Waals surface area contributed by atoms with Crippen molar-refractivity contribution in [1.29, 1.82) is 0 Å². The van der Waals surface area contributed by atoms with Crippen LogP contribution in [0, 0.1) is 5.92 Å². The van der Waals surface area contributed by atoms with Crippen LogP contribution in [0.1, 0.15) is 33.6 Å². The summed E-state index contributed by atoms with van der Waals surface area (Å²) in [5.41, 5.74) is 0. The Hall–Kier alpha value is -1.10. The molecule has 0 aromatic carbocycles. The van der Waals surface area contributed by atoms with Crippen molar-refractivity contribution >= 4 is 11.8 Å². The van der Waals surface area contributed by atoms with Gasteiger partial charge in [0.15, 0.2) is 0 Å². The first kappa shape index (κ1) is 15.0. The van der Waals surface area contributed by atoms with Gasteiger partial charge in [-0.2, -0.15) is 0 Å². The Kier molecular flexibility index (Phi) is 6.12. The summed E-state index contributed by atoms with van der Waals surface area (Å²) in [6.45, 7) is 8.12. The number of carbonyl (C=O) groups excluding carboxylic acids is 2. The number of nitrogens with zero attached hydrogens (tertiary/aromatic N) is 1. The lowest BCUT2D eigenvalue weighted by molar-refractivity contribution is -0.140. The molecule has 1 rings (SSSR count). The zero-order chi connectivity index (χ0) is 13.5. The largest absolute Gasteiger partial charge is 0.378 e. The molecule has 0 aromatic rings. The Bertz CT molecular complexity index is 284. The van der Waals surface area contributed by atoms with Gasteiger partial charge in [0.25, 0.3) is 0 Å². The van der Waals surface area contributed by atoms with Crippen molar-refractivity contribution in [3.8, 4) is 0 Å². The Labute approximate surface area is 109 Å². The minimum atomic E-state index is -0.448. The maximum Gasteiger partial charge on any atom is 0.245 e. The van der Waals surface area contributed by atoms with Crippen molar-refractivity contribution in [1.82, 2.24) is 10.2 Å². The van der Waals surface area contributed by atoms with Crippen LogP contribution >= 0.6 is 0 Å². The van der Waals surface area contributed by atoms with E-state index >= 15 is 0 Å². The highest BCUT2D eigenvalue weighted by Crippen LogP contribution is 2.08. The molecular weight excluding hydrogens is 232 g/mol. The van der Waals surface area contributed by atoms with Crippen molar-refractivity contribution in [3.05, 3.63) is 0 Å². The van der Waals surface area contributed by atoms with Crippen molar-refractivity contribution in [2.75, 3.05) is 26.3 Å². The van der Waals surface area contributed by atoms with Gasteiger partial charge in [-0.15, -0.1) is 0 Å². The summed E-state index contributed by atoms with van der Waals surface area (Å²) in [7, 11) is 0. The third-order valence-corrected chi connectivity index (χ3v) is 3.41. The summed E-state index contributed by atoms with van der Waals surface area (Å²) in [5, 5.41) is 2.81. The molecule has 1 aliphatic rings. The standard InChI is InChI=1S/C13H24N2O3/c1-4-11(5-2)12(16)14-10(3)13(17)15-6-8-18-9-7-15/h10-11H,4-9H2,1-3H3,(H,14,16)/t10-/m1/s1. The molecule has 5 nitrogen and oxygen atoms in total. The van der Waals surface area contributed by atoms with Crippen molar-refractivity contribution < 1.29 is 14.3 Å². The van der Waals surface area contributed by atoms with Crippen molar-refractivity contribution in [2.45, 2.75) is 39.7 Å². The van der Waals surface area contributed by atoms with Crippen LogP contribution in [0.4, 0.5) is 0 Å². The molecule has 0 radical (unpaired) electrons. The fourth-order valence-electron chi connectivity index (χ4n) is 2.11. The quantitative estimate of drug-likeness (QED) is 0.791. The Morgan fingerprint density at radius 1 is 1.22 bits per heavy atom. The molecule has 1 heterocycles. The van der Waals surface area contributed by atoms with Crippen LogP contribution in [-0.2, 0) is 14.3 Å². The molecule has 18 heavy (non-hydrogen) atoms. The van der Waals surface area contributed by atoms with Crippen LogP contribution in [0.25, 0.3) is 0 Å². The summed E-state index contributed by atoms with van der Waals surface area (Å²) in [6.07, 6.45) is 1.61. The van der Waals surface area contributed by atoms with Gasteiger partial charge in [-0.05, 0) is 19.8 Å². The minimum absolute atomic E-state index is 0.00457. The second kappa shape index (κ2) is 7.36. The molecule has 0 saturated carbocycles. The van der Waals surface area contributed by atoms with Crippen LogP contribution in [0.2, 0.25) is 0 Å². The van der Waals surface area contributed by atoms with E-state index < -0.39 is 6.04 Å². The lowest BCUT2D eigenvalue weighted by Gasteiger charge is -2.29. The zero-order valence-electron chi connectivity index (χ0n) is 11.6.